The third kappa shape index (κ3) is 8.05. The predicted molar refractivity (Wildman–Crippen MR) is 127 cm³/mol. The van der Waals surface area contributed by atoms with E-state index < -0.39 is 0 Å². The molecule has 0 saturated heterocycles. The Hall–Kier alpha value is -1.81. The maximum atomic E-state index is 11.9. The molecule has 0 radical (unpaired) electrons. The van der Waals surface area contributed by atoms with E-state index in [2.05, 4.69) is 34.7 Å². The fourth-order valence-corrected chi connectivity index (χ4v) is 3.17. The zero-order valence-corrected chi connectivity index (χ0v) is 20.0. The van der Waals surface area contributed by atoms with Crippen LogP contribution < -0.4 is 15.4 Å². The molecule has 1 aromatic heterocycles. The minimum atomic E-state index is -0.00154. The van der Waals surface area contributed by atoms with Crippen LogP contribution in [0.3, 0.4) is 0 Å². The molecule has 0 fully saturated rings. The number of hydrogen-bond donors (Lipinski definition) is 2. The van der Waals surface area contributed by atoms with Crippen LogP contribution in [-0.2, 0) is 24.3 Å². The maximum Gasteiger partial charge on any atom is 0.241 e. The Morgan fingerprint density at radius 3 is 2.36 bits per heavy atom. The zero-order valence-electron chi connectivity index (χ0n) is 16.8. The number of carbonyl (C=O) groups is 1. The van der Waals surface area contributed by atoms with Crippen molar-refractivity contribution < 1.29 is 9.53 Å². The predicted octanol–water partition coefficient (Wildman–Crippen LogP) is 3.26. The van der Waals surface area contributed by atoms with Crippen LogP contribution in [0.1, 0.15) is 22.2 Å². The molecule has 0 saturated carbocycles. The highest BCUT2D eigenvalue weighted by atomic mass is 127. The van der Waals surface area contributed by atoms with Crippen molar-refractivity contribution in [1.29, 1.82) is 0 Å². The van der Waals surface area contributed by atoms with E-state index in [1.54, 1.807) is 37.4 Å². The van der Waals surface area contributed by atoms with Gasteiger partial charge in [0.2, 0.25) is 5.91 Å². The molecule has 0 unspecified atom stereocenters. The summed E-state index contributed by atoms with van der Waals surface area (Å²) in [6, 6.07) is 12.1. The first-order chi connectivity index (χ1) is 13.0. The van der Waals surface area contributed by atoms with Gasteiger partial charge in [-0.1, -0.05) is 19.1 Å². The molecule has 2 rings (SSSR count). The summed E-state index contributed by atoms with van der Waals surface area (Å²) < 4.78 is 5.18. The van der Waals surface area contributed by atoms with E-state index in [4.69, 9.17) is 4.74 Å². The van der Waals surface area contributed by atoms with Crippen molar-refractivity contribution >= 4 is 47.2 Å². The van der Waals surface area contributed by atoms with Crippen LogP contribution in [0, 0.1) is 0 Å². The second-order valence-electron chi connectivity index (χ2n) is 6.23. The number of benzene rings is 1. The van der Waals surface area contributed by atoms with Crippen LogP contribution in [0.2, 0.25) is 0 Å². The highest BCUT2D eigenvalue weighted by Gasteiger charge is 2.07. The highest BCUT2D eigenvalue weighted by Crippen LogP contribution is 2.16. The van der Waals surface area contributed by atoms with Gasteiger partial charge >= 0.3 is 0 Å². The van der Waals surface area contributed by atoms with Crippen LogP contribution in [0.25, 0.3) is 0 Å². The molecule has 1 amide bonds. The fourth-order valence-electron chi connectivity index (χ4n) is 2.27. The number of halogens is 1. The fraction of sp³-hybridized carbons (Fsp3) is 0.400. The summed E-state index contributed by atoms with van der Waals surface area (Å²) in [5, 5.41) is 6.43. The first-order valence-electron chi connectivity index (χ1n) is 8.94. The van der Waals surface area contributed by atoms with Crippen molar-refractivity contribution in [3.05, 3.63) is 51.7 Å². The van der Waals surface area contributed by atoms with Gasteiger partial charge in [-0.3, -0.25) is 4.79 Å². The molecule has 0 atom stereocenters. The molecular weight excluding hydrogens is 487 g/mol. The molecule has 0 aliphatic carbocycles. The third-order valence-corrected chi connectivity index (χ3v) is 5.21. The Kier molecular flexibility index (Phi) is 10.9. The van der Waals surface area contributed by atoms with Crippen LogP contribution >= 0.6 is 35.3 Å². The Morgan fingerprint density at radius 2 is 1.79 bits per heavy atom. The van der Waals surface area contributed by atoms with Gasteiger partial charge in [0.1, 0.15) is 5.75 Å². The molecule has 0 bridgehead atoms. The number of guanidine groups is 1. The molecule has 1 aromatic carbocycles. The molecule has 0 spiro atoms. The number of aryl methyl sites for hydroxylation is 1. The standard InChI is InChI=1S/C20H28N4O2S.HI/c1-5-17-10-11-18(27-17)13-22-20(23-14-19(25)24(2)3)21-12-15-6-8-16(26-4)9-7-15;/h6-11H,5,12-14H2,1-4H3,(H2,21,22,23);1H. The summed E-state index contributed by atoms with van der Waals surface area (Å²) in [6.07, 6.45) is 1.04. The van der Waals surface area contributed by atoms with Crippen molar-refractivity contribution in [2.24, 2.45) is 4.99 Å². The summed E-state index contributed by atoms with van der Waals surface area (Å²) in [7, 11) is 5.13. The molecule has 1 heterocycles. The number of carbonyl (C=O) groups excluding carboxylic acids is 1. The maximum absolute atomic E-state index is 11.9. The summed E-state index contributed by atoms with van der Waals surface area (Å²) in [6.45, 7) is 3.54. The van der Waals surface area contributed by atoms with Gasteiger partial charge in [0.15, 0.2) is 5.96 Å². The van der Waals surface area contributed by atoms with Gasteiger partial charge in [0, 0.05) is 23.8 Å². The van der Waals surface area contributed by atoms with E-state index in [0.29, 0.717) is 19.0 Å². The number of amides is 1. The second kappa shape index (κ2) is 12.6. The van der Waals surface area contributed by atoms with Crippen molar-refractivity contribution in [3.8, 4) is 5.75 Å². The molecule has 28 heavy (non-hydrogen) atoms. The van der Waals surface area contributed by atoms with Gasteiger partial charge in [-0.25, -0.2) is 4.99 Å². The molecule has 2 N–H and O–H groups in total. The molecule has 6 nitrogen and oxygen atoms in total. The van der Waals surface area contributed by atoms with Crippen LogP contribution in [0.5, 0.6) is 5.75 Å². The number of ether oxygens (including phenoxy) is 1. The Bertz CT molecular complexity index is 760. The van der Waals surface area contributed by atoms with Crippen LogP contribution in [0.4, 0.5) is 0 Å². The summed E-state index contributed by atoms with van der Waals surface area (Å²) in [4.78, 5) is 20.6. The van der Waals surface area contributed by atoms with Crippen molar-refractivity contribution in [1.82, 2.24) is 15.5 Å². The number of aliphatic imine (C=N–C) groups is 1. The normalized spacial score (nSPS) is 10.8. The lowest BCUT2D eigenvalue weighted by Crippen LogP contribution is -2.42. The van der Waals surface area contributed by atoms with Gasteiger partial charge in [-0.2, -0.15) is 0 Å². The van der Waals surface area contributed by atoms with E-state index in [1.807, 2.05) is 24.3 Å². The lowest BCUT2D eigenvalue weighted by atomic mass is 10.2. The number of rotatable bonds is 8. The largest absolute Gasteiger partial charge is 0.497 e. The molecule has 154 valence electrons. The average Bonchev–Trinajstić information content (AvgIpc) is 3.15. The minimum Gasteiger partial charge on any atom is -0.497 e. The van der Waals surface area contributed by atoms with Gasteiger partial charge in [0.25, 0.3) is 0 Å². The van der Waals surface area contributed by atoms with E-state index in [-0.39, 0.29) is 36.4 Å². The van der Waals surface area contributed by atoms with Gasteiger partial charge in [-0.15, -0.1) is 35.3 Å². The third-order valence-electron chi connectivity index (χ3n) is 3.98. The van der Waals surface area contributed by atoms with Gasteiger partial charge in [0.05, 0.1) is 26.7 Å². The molecule has 2 aromatic rings. The highest BCUT2D eigenvalue weighted by molar-refractivity contribution is 14.0. The quantitative estimate of drug-likeness (QED) is 0.321. The first kappa shape index (κ1) is 24.2. The smallest absolute Gasteiger partial charge is 0.241 e. The van der Waals surface area contributed by atoms with Crippen molar-refractivity contribution in [2.45, 2.75) is 26.4 Å². The summed E-state index contributed by atoms with van der Waals surface area (Å²) in [5.74, 6) is 1.44. The van der Waals surface area contributed by atoms with E-state index in [0.717, 1.165) is 17.7 Å². The van der Waals surface area contributed by atoms with E-state index in [1.165, 1.54) is 9.75 Å². The number of thiophene rings is 1. The number of hydrogen-bond acceptors (Lipinski definition) is 4. The SMILES string of the molecule is CCc1ccc(CNC(=NCc2ccc(OC)cc2)NCC(=O)N(C)C)s1.I. The molecule has 0 aliphatic heterocycles. The Labute approximate surface area is 188 Å². The van der Waals surface area contributed by atoms with Crippen molar-refractivity contribution in [2.75, 3.05) is 27.7 Å². The number of nitrogens with one attached hydrogen (secondary N) is 2. The zero-order chi connectivity index (χ0) is 19.6. The lowest BCUT2D eigenvalue weighted by molar-refractivity contribution is -0.127. The molecule has 8 heteroatoms. The topological polar surface area (TPSA) is 66.0 Å². The lowest BCUT2D eigenvalue weighted by Gasteiger charge is -2.14. The van der Waals surface area contributed by atoms with Gasteiger partial charge in [-0.05, 0) is 36.2 Å². The van der Waals surface area contributed by atoms with Crippen LogP contribution in [-0.4, -0.2) is 44.5 Å². The number of likely N-dealkylation sites (N-methyl/N-ethyl adjacent to an activating group) is 1. The van der Waals surface area contributed by atoms with Crippen LogP contribution in [0.15, 0.2) is 41.4 Å². The Balaban J connectivity index is 0.00000392. The second-order valence-corrected chi connectivity index (χ2v) is 7.48. The van der Waals surface area contributed by atoms with E-state index >= 15 is 0 Å². The average molecular weight is 516 g/mol. The molecular formula is C20H29IN4O2S. The molecule has 0 aliphatic rings. The minimum absolute atomic E-state index is 0. The summed E-state index contributed by atoms with van der Waals surface area (Å²) in [5.41, 5.74) is 1.07. The Morgan fingerprint density at radius 1 is 1.11 bits per heavy atom. The summed E-state index contributed by atoms with van der Waals surface area (Å²) >= 11 is 1.79. The van der Waals surface area contributed by atoms with Crippen molar-refractivity contribution in [3.63, 3.8) is 0 Å². The first-order valence-corrected chi connectivity index (χ1v) is 9.76. The number of methoxy groups -OCH3 is 1. The number of nitrogens with zero attached hydrogens (tertiary/aromatic N) is 2. The van der Waals surface area contributed by atoms with E-state index in [9.17, 15) is 4.79 Å². The van der Waals surface area contributed by atoms with Gasteiger partial charge < -0.3 is 20.3 Å². The monoisotopic (exact) mass is 516 g/mol.